The fraction of sp³-hybridized carbons (Fsp3) is 0.321. The zero-order valence-corrected chi connectivity index (χ0v) is 19.3. The van der Waals surface area contributed by atoms with Gasteiger partial charge < -0.3 is 9.47 Å². The number of aryl methyl sites for hydroxylation is 1. The minimum atomic E-state index is -0.249. The Morgan fingerprint density at radius 1 is 1.03 bits per heavy atom. The van der Waals surface area contributed by atoms with Gasteiger partial charge in [0.05, 0.1) is 19.7 Å². The van der Waals surface area contributed by atoms with Gasteiger partial charge in [-0.05, 0) is 53.6 Å². The third-order valence-electron chi connectivity index (χ3n) is 6.17. The van der Waals surface area contributed by atoms with Crippen LogP contribution in [0.25, 0.3) is 11.1 Å². The van der Waals surface area contributed by atoms with Gasteiger partial charge in [-0.3, -0.25) is 4.90 Å². The maximum Gasteiger partial charge on any atom is 0.410 e. The van der Waals surface area contributed by atoms with E-state index in [9.17, 15) is 4.79 Å². The number of cyclic esters (lactones) is 1. The molecule has 0 N–H and O–H groups in total. The van der Waals surface area contributed by atoms with Crippen LogP contribution in [-0.2, 0) is 17.7 Å². The second-order valence-electron chi connectivity index (χ2n) is 8.82. The van der Waals surface area contributed by atoms with Crippen LogP contribution in [0.3, 0.4) is 0 Å². The van der Waals surface area contributed by atoms with Crippen LogP contribution in [0.1, 0.15) is 42.0 Å². The average molecular weight is 430 g/mol. The van der Waals surface area contributed by atoms with Gasteiger partial charge in [-0.2, -0.15) is 0 Å². The molecule has 4 heteroatoms. The van der Waals surface area contributed by atoms with Gasteiger partial charge in [-0.15, -0.1) is 0 Å². The van der Waals surface area contributed by atoms with Crippen molar-refractivity contribution in [3.63, 3.8) is 0 Å². The molecule has 1 saturated heterocycles. The highest BCUT2D eigenvalue weighted by atomic mass is 16.6. The maximum absolute atomic E-state index is 12.7. The molecule has 3 aromatic rings. The second-order valence-corrected chi connectivity index (χ2v) is 8.82. The molecule has 166 valence electrons. The van der Waals surface area contributed by atoms with Crippen LogP contribution in [-0.4, -0.2) is 30.8 Å². The Morgan fingerprint density at radius 3 is 2.53 bits per heavy atom. The number of amides is 1. The molecule has 1 amide bonds. The van der Waals surface area contributed by atoms with E-state index in [1.165, 1.54) is 11.1 Å². The van der Waals surface area contributed by atoms with E-state index in [2.05, 4.69) is 63.2 Å². The van der Waals surface area contributed by atoms with Crippen molar-refractivity contribution in [3.05, 3.63) is 89.0 Å². The zero-order chi connectivity index (χ0) is 22.7. The lowest BCUT2D eigenvalue weighted by atomic mass is 9.92. The summed E-state index contributed by atoms with van der Waals surface area (Å²) >= 11 is 0. The van der Waals surface area contributed by atoms with Crippen LogP contribution in [0, 0.1) is 6.92 Å². The number of carbonyl (C=O) groups is 1. The van der Waals surface area contributed by atoms with Crippen LogP contribution < -0.4 is 4.74 Å². The summed E-state index contributed by atoms with van der Waals surface area (Å²) in [5, 5.41) is 0. The molecule has 32 heavy (non-hydrogen) atoms. The third kappa shape index (κ3) is 4.64. The fourth-order valence-electron chi connectivity index (χ4n) is 4.33. The molecule has 0 unspecified atom stereocenters. The van der Waals surface area contributed by atoms with Gasteiger partial charge in [0.1, 0.15) is 12.4 Å². The van der Waals surface area contributed by atoms with Crippen molar-refractivity contribution in [1.82, 2.24) is 4.90 Å². The summed E-state index contributed by atoms with van der Waals surface area (Å²) in [6.07, 6.45) is 0.529. The first-order valence-electron chi connectivity index (χ1n) is 11.2. The maximum atomic E-state index is 12.7. The lowest BCUT2D eigenvalue weighted by Gasteiger charge is -2.24. The predicted octanol–water partition coefficient (Wildman–Crippen LogP) is 6.36. The molecule has 4 nitrogen and oxygen atoms in total. The number of hydrogen-bond acceptors (Lipinski definition) is 3. The topological polar surface area (TPSA) is 38.8 Å². The van der Waals surface area contributed by atoms with Gasteiger partial charge in [-0.1, -0.05) is 74.0 Å². The summed E-state index contributed by atoms with van der Waals surface area (Å²) < 4.78 is 11.2. The first-order chi connectivity index (χ1) is 15.5. The van der Waals surface area contributed by atoms with Gasteiger partial charge in [0.25, 0.3) is 0 Å². The van der Waals surface area contributed by atoms with Gasteiger partial charge in [-0.25, -0.2) is 4.79 Å². The molecular formula is C28H31NO3. The largest absolute Gasteiger partial charge is 0.496 e. The van der Waals surface area contributed by atoms with Gasteiger partial charge in [0, 0.05) is 5.56 Å². The lowest BCUT2D eigenvalue weighted by molar-refractivity contribution is 0.156. The standard InChI is InChI=1S/C28H31NO3/c1-19(2)22-11-13-27(31-4)26(16-22)25-12-10-20(3)14-23(25)17-29-24(18-32-28(29)30)15-21-8-6-5-7-9-21/h5-14,16,19,24H,15,17-18H2,1-4H3/t24-/m0/s1. The number of hydrogen-bond donors (Lipinski definition) is 0. The van der Waals surface area contributed by atoms with Crippen LogP contribution in [0.4, 0.5) is 4.79 Å². The molecule has 0 spiro atoms. The smallest absolute Gasteiger partial charge is 0.410 e. The number of rotatable bonds is 7. The van der Waals surface area contributed by atoms with Crippen molar-refractivity contribution >= 4 is 6.09 Å². The van der Waals surface area contributed by atoms with Crippen LogP contribution >= 0.6 is 0 Å². The normalized spacial score (nSPS) is 15.8. The molecular weight excluding hydrogens is 398 g/mol. The van der Waals surface area contributed by atoms with Crippen molar-refractivity contribution in [2.24, 2.45) is 0 Å². The summed E-state index contributed by atoms with van der Waals surface area (Å²) in [6, 6.07) is 23.1. The Balaban J connectivity index is 1.70. The first-order valence-corrected chi connectivity index (χ1v) is 11.2. The molecule has 0 aromatic heterocycles. The van der Waals surface area contributed by atoms with Crippen molar-refractivity contribution in [2.75, 3.05) is 13.7 Å². The van der Waals surface area contributed by atoms with Crippen LogP contribution in [0.2, 0.25) is 0 Å². The van der Waals surface area contributed by atoms with Gasteiger partial charge >= 0.3 is 6.09 Å². The van der Waals surface area contributed by atoms with E-state index in [1.807, 2.05) is 29.2 Å². The Kier molecular flexibility index (Phi) is 6.50. The monoisotopic (exact) mass is 429 g/mol. The SMILES string of the molecule is COc1ccc(C(C)C)cc1-c1ccc(C)cc1CN1C(=O)OC[C@@H]1Cc1ccccc1. The quantitative estimate of drug-likeness (QED) is 0.439. The molecule has 3 aromatic carbocycles. The number of ether oxygens (including phenoxy) is 2. The summed E-state index contributed by atoms with van der Waals surface area (Å²) in [7, 11) is 1.70. The second kappa shape index (κ2) is 9.47. The molecule has 1 atom stereocenters. The van der Waals surface area contributed by atoms with E-state index >= 15 is 0 Å². The highest BCUT2D eigenvalue weighted by molar-refractivity contribution is 5.76. The first kappa shape index (κ1) is 21.9. The van der Waals surface area contributed by atoms with Gasteiger partial charge in [0.2, 0.25) is 0 Å². The molecule has 1 aliphatic heterocycles. The summed E-state index contributed by atoms with van der Waals surface area (Å²) in [5.74, 6) is 1.25. The molecule has 4 rings (SSSR count). The number of methoxy groups -OCH3 is 1. The molecule has 1 heterocycles. The van der Waals surface area contributed by atoms with Crippen LogP contribution in [0.15, 0.2) is 66.7 Å². The molecule has 0 aliphatic carbocycles. The fourth-order valence-corrected chi connectivity index (χ4v) is 4.33. The number of nitrogens with zero attached hydrogens (tertiary/aromatic N) is 1. The lowest BCUT2D eigenvalue weighted by Crippen LogP contribution is -2.34. The zero-order valence-electron chi connectivity index (χ0n) is 19.3. The van der Waals surface area contributed by atoms with Crippen molar-refractivity contribution in [3.8, 4) is 16.9 Å². The minimum Gasteiger partial charge on any atom is -0.496 e. The molecule has 0 radical (unpaired) electrons. The summed E-state index contributed by atoms with van der Waals surface area (Å²) in [5.41, 5.74) is 6.87. The molecule has 0 bridgehead atoms. The Morgan fingerprint density at radius 2 is 1.81 bits per heavy atom. The van der Waals surface area contributed by atoms with E-state index in [-0.39, 0.29) is 12.1 Å². The van der Waals surface area contributed by atoms with Crippen molar-refractivity contribution in [2.45, 2.75) is 45.7 Å². The number of benzene rings is 3. The Hall–Kier alpha value is -3.27. The third-order valence-corrected chi connectivity index (χ3v) is 6.17. The van der Waals surface area contributed by atoms with E-state index in [1.54, 1.807) is 7.11 Å². The van der Waals surface area contributed by atoms with E-state index in [4.69, 9.17) is 9.47 Å². The highest BCUT2D eigenvalue weighted by Gasteiger charge is 2.33. The van der Waals surface area contributed by atoms with Gasteiger partial charge in [0.15, 0.2) is 0 Å². The Labute approximate surface area is 190 Å². The summed E-state index contributed by atoms with van der Waals surface area (Å²) in [4.78, 5) is 14.5. The Bertz CT molecular complexity index is 1090. The highest BCUT2D eigenvalue weighted by Crippen LogP contribution is 2.36. The molecule has 1 aliphatic rings. The molecule has 0 saturated carbocycles. The van der Waals surface area contributed by atoms with E-state index in [0.717, 1.165) is 34.4 Å². The molecule has 1 fully saturated rings. The summed E-state index contributed by atoms with van der Waals surface area (Å²) in [6.45, 7) is 7.38. The average Bonchev–Trinajstić information content (AvgIpc) is 3.13. The van der Waals surface area contributed by atoms with Crippen LogP contribution in [0.5, 0.6) is 5.75 Å². The van der Waals surface area contributed by atoms with E-state index in [0.29, 0.717) is 19.1 Å². The van der Waals surface area contributed by atoms with Crippen molar-refractivity contribution < 1.29 is 14.3 Å². The van der Waals surface area contributed by atoms with E-state index < -0.39 is 0 Å². The number of carbonyl (C=O) groups excluding carboxylic acids is 1. The minimum absolute atomic E-state index is 0.0159. The van der Waals surface area contributed by atoms with Crippen molar-refractivity contribution in [1.29, 1.82) is 0 Å². The predicted molar refractivity (Wildman–Crippen MR) is 128 cm³/mol.